The van der Waals surface area contributed by atoms with Crippen LogP contribution in [0.15, 0.2) is 24.3 Å². The lowest BCUT2D eigenvalue weighted by Gasteiger charge is -2.22. The number of benzene rings is 1. The van der Waals surface area contributed by atoms with Crippen LogP contribution in [0.2, 0.25) is 0 Å². The van der Waals surface area contributed by atoms with E-state index < -0.39 is 11.7 Å². The summed E-state index contributed by atoms with van der Waals surface area (Å²) in [7, 11) is 1.87. The van der Waals surface area contributed by atoms with E-state index in [-0.39, 0.29) is 0 Å². The first-order chi connectivity index (χ1) is 8.38. The van der Waals surface area contributed by atoms with Gasteiger partial charge in [0.15, 0.2) is 0 Å². The molecule has 0 spiro atoms. The summed E-state index contributed by atoms with van der Waals surface area (Å²) in [6.07, 6.45) is -2.65. The minimum atomic E-state index is -4.26. The maximum Gasteiger partial charge on any atom is 0.416 e. The molecule has 1 aromatic carbocycles. The number of halogens is 3. The monoisotopic (exact) mass is 259 g/mol. The molecule has 102 valence electrons. The van der Waals surface area contributed by atoms with Gasteiger partial charge in [0.25, 0.3) is 0 Å². The molecule has 4 heteroatoms. The lowest BCUT2D eigenvalue weighted by Crippen LogP contribution is -2.31. The highest BCUT2D eigenvalue weighted by Crippen LogP contribution is 2.30. The second-order valence-electron chi connectivity index (χ2n) is 4.65. The van der Waals surface area contributed by atoms with Gasteiger partial charge in [-0.3, -0.25) is 0 Å². The quantitative estimate of drug-likeness (QED) is 0.846. The van der Waals surface area contributed by atoms with E-state index in [1.807, 2.05) is 7.05 Å². The van der Waals surface area contributed by atoms with E-state index in [1.165, 1.54) is 12.1 Å². The molecule has 0 saturated carbocycles. The van der Waals surface area contributed by atoms with E-state index in [4.69, 9.17) is 0 Å². The third-order valence-electron chi connectivity index (χ3n) is 3.44. The molecule has 0 aliphatic carbocycles. The van der Waals surface area contributed by atoms with Gasteiger partial charge < -0.3 is 5.32 Å². The molecule has 1 nitrogen and oxygen atoms in total. The molecule has 0 fully saturated rings. The van der Waals surface area contributed by atoms with Gasteiger partial charge in [0.2, 0.25) is 0 Å². The molecular formula is C14H20F3N. The van der Waals surface area contributed by atoms with Crippen LogP contribution in [0.1, 0.15) is 31.4 Å². The summed E-state index contributed by atoms with van der Waals surface area (Å²) >= 11 is 0. The SMILES string of the molecule is CCC(Cc1cccc(C(F)(F)F)c1)C(C)NC. The first-order valence-electron chi connectivity index (χ1n) is 6.21. The highest BCUT2D eigenvalue weighted by Gasteiger charge is 2.30. The normalized spacial score (nSPS) is 15.4. The standard InChI is InChI=1S/C14H20F3N/c1-4-12(10(2)18-3)8-11-6-5-7-13(9-11)14(15,16)17/h5-7,9-10,12,18H,4,8H2,1-3H3. The van der Waals surface area contributed by atoms with Crippen molar-refractivity contribution in [2.45, 2.75) is 38.9 Å². The van der Waals surface area contributed by atoms with Crippen molar-refractivity contribution < 1.29 is 13.2 Å². The first kappa shape index (κ1) is 15.0. The van der Waals surface area contributed by atoms with Crippen molar-refractivity contribution in [2.75, 3.05) is 7.05 Å². The highest BCUT2D eigenvalue weighted by atomic mass is 19.4. The third kappa shape index (κ3) is 4.02. The molecule has 0 bridgehead atoms. The van der Waals surface area contributed by atoms with Gasteiger partial charge in [-0.15, -0.1) is 0 Å². The van der Waals surface area contributed by atoms with Crippen molar-refractivity contribution in [1.29, 1.82) is 0 Å². The van der Waals surface area contributed by atoms with Gasteiger partial charge in [0.05, 0.1) is 5.56 Å². The van der Waals surface area contributed by atoms with E-state index in [1.54, 1.807) is 6.07 Å². The van der Waals surface area contributed by atoms with Crippen molar-refractivity contribution in [1.82, 2.24) is 5.32 Å². The number of nitrogens with one attached hydrogen (secondary N) is 1. The highest BCUT2D eigenvalue weighted by molar-refractivity contribution is 5.26. The summed E-state index contributed by atoms with van der Waals surface area (Å²) in [4.78, 5) is 0. The maximum absolute atomic E-state index is 12.6. The molecule has 18 heavy (non-hydrogen) atoms. The molecule has 2 atom stereocenters. The Kier molecular flexibility index (Phi) is 5.20. The van der Waals surface area contributed by atoms with E-state index in [9.17, 15) is 13.2 Å². The Balaban J connectivity index is 2.84. The minimum absolute atomic E-state index is 0.296. The van der Waals surface area contributed by atoms with Crippen LogP contribution in [0.5, 0.6) is 0 Å². The van der Waals surface area contributed by atoms with Crippen molar-refractivity contribution in [3.63, 3.8) is 0 Å². The van der Waals surface area contributed by atoms with Gasteiger partial charge in [0.1, 0.15) is 0 Å². The molecule has 0 saturated heterocycles. The van der Waals surface area contributed by atoms with Crippen molar-refractivity contribution in [2.24, 2.45) is 5.92 Å². The van der Waals surface area contributed by atoms with Crippen LogP contribution in [-0.2, 0) is 12.6 Å². The van der Waals surface area contributed by atoms with Crippen molar-refractivity contribution in [3.05, 3.63) is 35.4 Å². The topological polar surface area (TPSA) is 12.0 Å². The lowest BCUT2D eigenvalue weighted by molar-refractivity contribution is -0.137. The second-order valence-corrected chi connectivity index (χ2v) is 4.65. The zero-order valence-corrected chi connectivity index (χ0v) is 11.0. The predicted molar refractivity (Wildman–Crippen MR) is 67.5 cm³/mol. The van der Waals surface area contributed by atoms with E-state index in [2.05, 4.69) is 19.2 Å². The predicted octanol–water partition coefficient (Wildman–Crippen LogP) is 3.88. The van der Waals surface area contributed by atoms with Crippen LogP contribution in [0.4, 0.5) is 13.2 Å². The Morgan fingerprint density at radius 3 is 2.44 bits per heavy atom. The molecule has 0 radical (unpaired) electrons. The second kappa shape index (κ2) is 6.23. The summed E-state index contributed by atoms with van der Waals surface area (Å²) in [5, 5.41) is 3.16. The van der Waals surface area contributed by atoms with Crippen molar-refractivity contribution >= 4 is 0 Å². The van der Waals surface area contributed by atoms with E-state index in [0.717, 1.165) is 18.1 Å². The molecule has 0 amide bonds. The summed E-state index contributed by atoms with van der Waals surface area (Å²) < 4.78 is 37.8. The summed E-state index contributed by atoms with van der Waals surface area (Å²) in [5.74, 6) is 0.346. The molecule has 1 N–H and O–H groups in total. The van der Waals surface area contributed by atoms with E-state index in [0.29, 0.717) is 18.4 Å². The van der Waals surface area contributed by atoms with Gasteiger partial charge in [-0.05, 0) is 37.9 Å². The average molecular weight is 259 g/mol. The largest absolute Gasteiger partial charge is 0.416 e. The van der Waals surface area contributed by atoms with Gasteiger partial charge >= 0.3 is 6.18 Å². The average Bonchev–Trinajstić information content (AvgIpc) is 2.34. The number of hydrogen-bond acceptors (Lipinski definition) is 1. The van der Waals surface area contributed by atoms with Gasteiger partial charge in [-0.2, -0.15) is 13.2 Å². The minimum Gasteiger partial charge on any atom is -0.317 e. The molecular weight excluding hydrogens is 239 g/mol. The van der Waals surface area contributed by atoms with Crippen LogP contribution in [0, 0.1) is 5.92 Å². The van der Waals surface area contributed by atoms with Gasteiger partial charge in [0, 0.05) is 6.04 Å². The molecule has 0 heterocycles. The van der Waals surface area contributed by atoms with Gasteiger partial charge in [-0.1, -0.05) is 31.5 Å². The van der Waals surface area contributed by atoms with Crippen LogP contribution in [0.3, 0.4) is 0 Å². The van der Waals surface area contributed by atoms with Crippen LogP contribution in [0.25, 0.3) is 0 Å². The summed E-state index contributed by atoms with van der Waals surface area (Å²) in [5.41, 5.74) is 0.186. The fourth-order valence-electron chi connectivity index (χ4n) is 2.09. The Bertz CT molecular complexity index is 374. The molecule has 1 rings (SSSR count). The maximum atomic E-state index is 12.6. The molecule has 0 aliphatic heterocycles. The van der Waals surface area contributed by atoms with Crippen molar-refractivity contribution in [3.8, 4) is 0 Å². The zero-order chi connectivity index (χ0) is 13.8. The number of alkyl halides is 3. The Hall–Kier alpha value is -1.03. The Labute approximate surface area is 106 Å². The molecule has 2 unspecified atom stereocenters. The lowest BCUT2D eigenvalue weighted by atomic mass is 9.90. The third-order valence-corrected chi connectivity index (χ3v) is 3.44. The number of rotatable bonds is 5. The Morgan fingerprint density at radius 1 is 1.28 bits per heavy atom. The number of hydrogen-bond donors (Lipinski definition) is 1. The summed E-state index contributed by atoms with van der Waals surface area (Å²) in [6, 6.07) is 5.91. The smallest absolute Gasteiger partial charge is 0.317 e. The van der Waals surface area contributed by atoms with E-state index >= 15 is 0 Å². The zero-order valence-electron chi connectivity index (χ0n) is 11.0. The molecule has 1 aromatic rings. The van der Waals surface area contributed by atoms with Crippen LogP contribution in [-0.4, -0.2) is 13.1 Å². The summed E-state index contributed by atoms with van der Waals surface area (Å²) in [6.45, 7) is 4.12. The fraction of sp³-hybridized carbons (Fsp3) is 0.571. The first-order valence-corrected chi connectivity index (χ1v) is 6.21. The molecule has 0 aromatic heterocycles. The molecule has 0 aliphatic rings. The van der Waals surface area contributed by atoms with Gasteiger partial charge in [-0.25, -0.2) is 0 Å². The fourth-order valence-corrected chi connectivity index (χ4v) is 2.09. The van der Waals surface area contributed by atoms with Crippen LogP contribution < -0.4 is 5.32 Å². The Morgan fingerprint density at radius 2 is 1.94 bits per heavy atom. The van der Waals surface area contributed by atoms with Crippen LogP contribution >= 0.6 is 0 Å².